The number of hydrogen-bond acceptors (Lipinski definition) is 2. The molecular formula is C28H52O2Si. The molecule has 3 heteroatoms. The van der Waals surface area contributed by atoms with Crippen LogP contribution in [0.3, 0.4) is 0 Å². The molecule has 0 aromatic heterocycles. The lowest BCUT2D eigenvalue weighted by atomic mass is 9.76. The first-order chi connectivity index (χ1) is 14.1. The molecule has 31 heavy (non-hydrogen) atoms. The second-order valence-corrected chi connectivity index (χ2v) is 18.0. The normalized spacial score (nSPS) is 16.1. The van der Waals surface area contributed by atoms with E-state index < -0.39 is 8.07 Å². The quantitative estimate of drug-likeness (QED) is 0.335. The van der Waals surface area contributed by atoms with Gasteiger partial charge in [0, 0.05) is 6.61 Å². The highest BCUT2D eigenvalue weighted by Gasteiger charge is 2.26. The molecule has 0 spiro atoms. The Labute approximate surface area is 195 Å². The summed E-state index contributed by atoms with van der Waals surface area (Å²) < 4.78 is 6.33. The molecule has 1 rings (SSSR count). The van der Waals surface area contributed by atoms with E-state index in [4.69, 9.17) is 4.74 Å². The Balaban J connectivity index is 2.78. The van der Waals surface area contributed by atoms with E-state index in [1.807, 2.05) is 0 Å². The molecule has 0 amide bonds. The lowest BCUT2D eigenvalue weighted by Crippen LogP contribution is -2.41. The topological polar surface area (TPSA) is 29.5 Å². The first-order valence-corrected chi connectivity index (χ1v) is 15.7. The standard InChI is InChI=1S/C28H52O2Si/c1-22(19-27(3,4)5)11-12-24(23(2)20-28(6,7)8)21-30-25-13-15-26(16-14-25)31(9,10)18-17-29/h13-16,22-24,29H,11-12,17-21H2,1-10H3. The number of aliphatic hydroxyl groups is 1. The lowest BCUT2D eigenvalue weighted by molar-refractivity contribution is 0.147. The number of benzene rings is 1. The van der Waals surface area contributed by atoms with Gasteiger partial charge in [-0.25, -0.2) is 0 Å². The highest BCUT2D eigenvalue weighted by molar-refractivity contribution is 6.89. The van der Waals surface area contributed by atoms with Crippen LogP contribution in [0.15, 0.2) is 24.3 Å². The van der Waals surface area contributed by atoms with Crippen LogP contribution >= 0.6 is 0 Å². The molecule has 0 aliphatic heterocycles. The molecule has 1 N–H and O–H groups in total. The fourth-order valence-electron chi connectivity index (χ4n) is 4.94. The Hall–Kier alpha value is -0.803. The molecule has 0 aliphatic rings. The average Bonchev–Trinajstić information content (AvgIpc) is 2.59. The zero-order valence-corrected chi connectivity index (χ0v) is 23.3. The summed E-state index contributed by atoms with van der Waals surface area (Å²) in [6.07, 6.45) is 5.03. The van der Waals surface area contributed by atoms with Crippen molar-refractivity contribution in [1.82, 2.24) is 0 Å². The van der Waals surface area contributed by atoms with E-state index in [0.29, 0.717) is 22.7 Å². The second kappa shape index (κ2) is 11.9. The minimum absolute atomic E-state index is 0.276. The van der Waals surface area contributed by atoms with Crippen LogP contribution in [0.1, 0.15) is 81.1 Å². The van der Waals surface area contributed by atoms with Crippen LogP contribution in [0.5, 0.6) is 5.75 Å². The van der Waals surface area contributed by atoms with Gasteiger partial charge in [-0.15, -0.1) is 0 Å². The molecule has 3 unspecified atom stereocenters. The molecule has 0 radical (unpaired) electrons. The third-order valence-electron chi connectivity index (χ3n) is 6.57. The van der Waals surface area contributed by atoms with E-state index >= 15 is 0 Å². The van der Waals surface area contributed by atoms with Crippen molar-refractivity contribution in [2.24, 2.45) is 28.6 Å². The fraction of sp³-hybridized carbons (Fsp3) is 0.786. The van der Waals surface area contributed by atoms with Crippen LogP contribution in [0.4, 0.5) is 0 Å². The van der Waals surface area contributed by atoms with Gasteiger partial charge in [-0.3, -0.25) is 0 Å². The van der Waals surface area contributed by atoms with Gasteiger partial charge in [0.05, 0.1) is 14.7 Å². The predicted octanol–water partition coefficient (Wildman–Crippen LogP) is 7.51. The third kappa shape index (κ3) is 11.6. The molecular weight excluding hydrogens is 396 g/mol. The van der Waals surface area contributed by atoms with E-state index in [2.05, 4.69) is 92.7 Å². The maximum atomic E-state index is 9.36. The summed E-state index contributed by atoms with van der Waals surface area (Å²) in [4.78, 5) is 0. The summed E-state index contributed by atoms with van der Waals surface area (Å²) in [6.45, 7) is 24.6. The van der Waals surface area contributed by atoms with Crippen molar-refractivity contribution < 1.29 is 9.84 Å². The first-order valence-electron chi connectivity index (χ1n) is 12.5. The summed E-state index contributed by atoms with van der Waals surface area (Å²) in [5.74, 6) is 2.97. The zero-order chi connectivity index (χ0) is 23.9. The fourth-order valence-corrected chi connectivity index (χ4v) is 6.86. The van der Waals surface area contributed by atoms with Gasteiger partial charge in [-0.2, -0.15) is 0 Å². The molecule has 0 saturated heterocycles. The third-order valence-corrected chi connectivity index (χ3v) is 9.94. The van der Waals surface area contributed by atoms with Gasteiger partial charge >= 0.3 is 0 Å². The molecule has 1 aromatic carbocycles. The minimum atomic E-state index is -1.54. The summed E-state index contributed by atoms with van der Waals surface area (Å²) in [6, 6.07) is 9.61. The average molecular weight is 449 g/mol. The van der Waals surface area contributed by atoms with Crippen LogP contribution in [-0.4, -0.2) is 26.4 Å². The lowest BCUT2D eigenvalue weighted by Gasteiger charge is -2.31. The predicted molar refractivity (Wildman–Crippen MR) is 140 cm³/mol. The first kappa shape index (κ1) is 28.2. The van der Waals surface area contributed by atoms with E-state index in [1.54, 1.807) is 0 Å². The second-order valence-electron chi connectivity index (χ2n) is 13.1. The van der Waals surface area contributed by atoms with Crippen LogP contribution in [0, 0.1) is 28.6 Å². The highest BCUT2D eigenvalue weighted by atomic mass is 28.3. The van der Waals surface area contributed by atoms with Crippen molar-refractivity contribution in [2.75, 3.05) is 13.2 Å². The van der Waals surface area contributed by atoms with Gasteiger partial charge in [0.15, 0.2) is 0 Å². The Kier molecular flexibility index (Phi) is 10.8. The number of aliphatic hydroxyl groups excluding tert-OH is 1. The molecule has 0 aliphatic carbocycles. The summed E-state index contributed by atoms with van der Waals surface area (Å²) >= 11 is 0. The maximum Gasteiger partial charge on any atom is 0.119 e. The summed E-state index contributed by atoms with van der Waals surface area (Å²) in [5, 5.41) is 10.7. The van der Waals surface area contributed by atoms with Crippen molar-refractivity contribution in [3.8, 4) is 5.75 Å². The van der Waals surface area contributed by atoms with Gasteiger partial charge in [0.1, 0.15) is 5.75 Å². The smallest absolute Gasteiger partial charge is 0.119 e. The molecule has 0 fully saturated rings. The number of ether oxygens (including phenoxy) is 1. The maximum absolute atomic E-state index is 9.36. The van der Waals surface area contributed by atoms with Crippen LogP contribution in [0.2, 0.25) is 19.1 Å². The minimum Gasteiger partial charge on any atom is -0.493 e. The van der Waals surface area contributed by atoms with E-state index in [9.17, 15) is 5.11 Å². The summed E-state index contributed by atoms with van der Waals surface area (Å²) in [7, 11) is -1.54. The summed E-state index contributed by atoms with van der Waals surface area (Å²) in [5.41, 5.74) is 0.747. The van der Waals surface area contributed by atoms with Crippen LogP contribution < -0.4 is 9.92 Å². The molecule has 1 aromatic rings. The van der Waals surface area contributed by atoms with Crippen LogP contribution in [0.25, 0.3) is 0 Å². The monoisotopic (exact) mass is 448 g/mol. The Morgan fingerprint density at radius 2 is 1.42 bits per heavy atom. The van der Waals surface area contributed by atoms with E-state index in [0.717, 1.165) is 24.3 Å². The SMILES string of the molecule is CC(CCC(COc1ccc([Si](C)(C)CCO)cc1)C(C)CC(C)(C)C)CC(C)(C)C. The largest absolute Gasteiger partial charge is 0.493 e. The van der Waals surface area contributed by atoms with Crippen molar-refractivity contribution in [3.63, 3.8) is 0 Å². The van der Waals surface area contributed by atoms with Crippen LogP contribution in [-0.2, 0) is 0 Å². The van der Waals surface area contributed by atoms with Crippen molar-refractivity contribution in [2.45, 2.75) is 100 Å². The van der Waals surface area contributed by atoms with Gasteiger partial charge in [0.25, 0.3) is 0 Å². The molecule has 0 saturated carbocycles. The highest BCUT2D eigenvalue weighted by Crippen LogP contribution is 2.34. The zero-order valence-electron chi connectivity index (χ0n) is 22.3. The Morgan fingerprint density at radius 1 is 0.871 bits per heavy atom. The molecule has 0 bridgehead atoms. The van der Waals surface area contributed by atoms with Gasteiger partial charge in [-0.1, -0.05) is 92.2 Å². The van der Waals surface area contributed by atoms with Gasteiger partial charge in [0.2, 0.25) is 0 Å². The van der Waals surface area contributed by atoms with E-state index in [-0.39, 0.29) is 6.61 Å². The molecule has 2 nitrogen and oxygen atoms in total. The van der Waals surface area contributed by atoms with Crippen molar-refractivity contribution in [1.29, 1.82) is 0 Å². The van der Waals surface area contributed by atoms with E-state index in [1.165, 1.54) is 30.9 Å². The number of hydrogen-bond donors (Lipinski definition) is 1. The number of rotatable bonds is 12. The van der Waals surface area contributed by atoms with Crippen molar-refractivity contribution >= 4 is 13.3 Å². The molecule has 180 valence electrons. The molecule has 0 heterocycles. The Bertz CT molecular complexity index is 622. The van der Waals surface area contributed by atoms with Crippen molar-refractivity contribution in [3.05, 3.63) is 24.3 Å². The van der Waals surface area contributed by atoms with Gasteiger partial charge < -0.3 is 9.84 Å². The molecule has 3 atom stereocenters. The Morgan fingerprint density at radius 3 is 1.90 bits per heavy atom. The van der Waals surface area contributed by atoms with Gasteiger partial charge in [-0.05, 0) is 66.0 Å².